The summed E-state index contributed by atoms with van der Waals surface area (Å²) in [5, 5.41) is 9.50. The molecule has 4 nitrogen and oxygen atoms in total. The quantitative estimate of drug-likeness (QED) is 0.933. The zero-order valence-electron chi connectivity index (χ0n) is 12.8. The Bertz CT molecular complexity index is 563. The van der Waals surface area contributed by atoms with Gasteiger partial charge < -0.3 is 10.0 Å². The fourth-order valence-electron chi connectivity index (χ4n) is 3.76. The van der Waals surface area contributed by atoms with Gasteiger partial charge in [0.25, 0.3) is 0 Å². The molecule has 0 aromatic heterocycles. The molecule has 1 aromatic rings. The highest BCUT2D eigenvalue weighted by atomic mass is 16.4. The van der Waals surface area contributed by atoms with Crippen LogP contribution in [0.3, 0.4) is 0 Å². The standard InChI is InChI=1S/C18H23NO3/c20-17(10-13-6-2-1-3-7-13)19-12-15-9-5-4-8-14(15)11-16(19)18(21)22/h4-5,8-9,13,16H,1-3,6-7,10-12H2,(H,21,22). The summed E-state index contributed by atoms with van der Waals surface area (Å²) in [5.74, 6) is -0.451. The van der Waals surface area contributed by atoms with Crippen molar-refractivity contribution in [3.8, 4) is 0 Å². The Morgan fingerprint density at radius 3 is 2.45 bits per heavy atom. The third kappa shape index (κ3) is 3.16. The van der Waals surface area contributed by atoms with Gasteiger partial charge in [0.1, 0.15) is 6.04 Å². The van der Waals surface area contributed by atoms with Crippen molar-refractivity contribution in [1.29, 1.82) is 0 Å². The van der Waals surface area contributed by atoms with Crippen LogP contribution in [-0.2, 0) is 22.6 Å². The Labute approximate surface area is 131 Å². The van der Waals surface area contributed by atoms with E-state index in [-0.39, 0.29) is 5.91 Å². The van der Waals surface area contributed by atoms with Gasteiger partial charge >= 0.3 is 5.97 Å². The lowest BCUT2D eigenvalue weighted by Gasteiger charge is -2.35. The highest BCUT2D eigenvalue weighted by Crippen LogP contribution is 2.29. The Kier molecular flexibility index (Phi) is 4.46. The minimum Gasteiger partial charge on any atom is -0.480 e. The summed E-state index contributed by atoms with van der Waals surface area (Å²) in [6, 6.07) is 7.12. The van der Waals surface area contributed by atoms with Crippen molar-refractivity contribution in [2.45, 2.75) is 57.5 Å². The normalized spacial score (nSPS) is 22.2. The maximum atomic E-state index is 12.7. The van der Waals surface area contributed by atoms with Crippen LogP contribution in [-0.4, -0.2) is 27.9 Å². The maximum Gasteiger partial charge on any atom is 0.326 e. The lowest BCUT2D eigenvalue weighted by atomic mass is 9.86. The van der Waals surface area contributed by atoms with Crippen LogP contribution in [0.25, 0.3) is 0 Å². The molecule has 4 heteroatoms. The van der Waals surface area contributed by atoms with Crippen molar-refractivity contribution in [3.63, 3.8) is 0 Å². The van der Waals surface area contributed by atoms with Crippen LogP contribution in [0.2, 0.25) is 0 Å². The number of nitrogens with zero attached hydrogens (tertiary/aromatic N) is 1. The number of fused-ring (bicyclic) bond motifs is 1. The monoisotopic (exact) mass is 301 g/mol. The molecule has 2 aliphatic rings. The van der Waals surface area contributed by atoms with Crippen LogP contribution in [0, 0.1) is 5.92 Å². The number of rotatable bonds is 3. The second-order valence-electron chi connectivity index (χ2n) is 6.56. The molecule has 1 N–H and O–H groups in total. The van der Waals surface area contributed by atoms with Gasteiger partial charge in [-0.2, -0.15) is 0 Å². The fourth-order valence-corrected chi connectivity index (χ4v) is 3.76. The first kappa shape index (κ1) is 15.1. The SMILES string of the molecule is O=C(O)C1Cc2ccccc2CN1C(=O)CC1CCCCC1. The molecule has 22 heavy (non-hydrogen) atoms. The second kappa shape index (κ2) is 6.51. The Morgan fingerprint density at radius 2 is 1.77 bits per heavy atom. The van der Waals surface area contributed by atoms with Gasteiger partial charge in [-0.1, -0.05) is 43.5 Å². The number of amides is 1. The van der Waals surface area contributed by atoms with Crippen molar-refractivity contribution in [3.05, 3.63) is 35.4 Å². The second-order valence-corrected chi connectivity index (χ2v) is 6.56. The van der Waals surface area contributed by atoms with Gasteiger partial charge in [-0.25, -0.2) is 4.79 Å². The maximum absolute atomic E-state index is 12.7. The molecule has 118 valence electrons. The van der Waals surface area contributed by atoms with Gasteiger partial charge in [-0.15, -0.1) is 0 Å². The van der Waals surface area contributed by atoms with E-state index < -0.39 is 12.0 Å². The summed E-state index contributed by atoms with van der Waals surface area (Å²) >= 11 is 0. The first-order valence-corrected chi connectivity index (χ1v) is 8.24. The van der Waals surface area contributed by atoms with Gasteiger partial charge in [0.05, 0.1) is 0 Å². The van der Waals surface area contributed by atoms with Crippen LogP contribution in [0.5, 0.6) is 0 Å². The molecule has 1 saturated carbocycles. The first-order chi connectivity index (χ1) is 10.6. The van der Waals surface area contributed by atoms with Gasteiger partial charge in [0, 0.05) is 19.4 Å². The number of aliphatic carboxylic acids is 1. The summed E-state index contributed by atoms with van der Waals surface area (Å²) < 4.78 is 0. The van der Waals surface area contributed by atoms with Crippen LogP contribution < -0.4 is 0 Å². The Morgan fingerprint density at radius 1 is 1.09 bits per heavy atom. The van der Waals surface area contributed by atoms with E-state index in [1.165, 1.54) is 19.3 Å². The van der Waals surface area contributed by atoms with Gasteiger partial charge in [-0.05, 0) is 29.9 Å². The predicted molar refractivity (Wildman–Crippen MR) is 83.3 cm³/mol. The van der Waals surface area contributed by atoms with E-state index in [2.05, 4.69) is 0 Å². The molecule has 1 aliphatic heterocycles. The number of carbonyl (C=O) groups excluding carboxylic acids is 1. The zero-order valence-corrected chi connectivity index (χ0v) is 12.8. The van der Waals surface area contributed by atoms with Crippen molar-refractivity contribution >= 4 is 11.9 Å². The number of hydrogen-bond acceptors (Lipinski definition) is 2. The van der Waals surface area contributed by atoms with E-state index in [1.54, 1.807) is 4.90 Å². The largest absolute Gasteiger partial charge is 0.480 e. The van der Waals surface area contributed by atoms with Gasteiger partial charge in [0.15, 0.2) is 0 Å². The molecule has 0 saturated heterocycles. The minimum atomic E-state index is -0.897. The van der Waals surface area contributed by atoms with Crippen LogP contribution in [0.15, 0.2) is 24.3 Å². The van der Waals surface area contributed by atoms with Crippen LogP contribution in [0.1, 0.15) is 49.7 Å². The molecule has 1 amide bonds. The van der Waals surface area contributed by atoms with Crippen molar-refractivity contribution in [1.82, 2.24) is 4.90 Å². The lowest BCUT2D eigenvalue weighted by Crippen LogP contribution is -2.49. The van der Waals surface area contributed by atoms with Gasteiger partial charge in [0.2, 0.25) is 5.91 Å². The van der Waals surface area contributed by atoms with E-state index in [0.29, 0.717) is 25.3 Å². The first-order valence-electron chi connectivity index (χ1n) is 8.24. The smallest absolute Gasteiger partial charge is 0.326 e. The summed E-state index contributed by atoms with van der Waals surface area (Å²) in [7, 11) is 0. The Balaban J connectivity index is 1.75. The number of carbonyl (C=O) groups is 2. The molecule has 1 aliphatic carbocycles. The van der Waals surface area contributed by atoms with E-state index in [0.717, 1.165) is 24.0 Å². The highest BCUT2D eigenvalue weighted by molar-refractivity contribution is 5.84. The molecule has 3 rings (SSSR count). The number of benzene rings is 1. The molecule has 0 bridgehead atoms. The summed E-state index contributed by atoms with van der Waals surface area (Å²) in [4.78, 5) is 25.8. The number of carboxylic acid groups (broad SMARTS) is 1. The third-order valence-corrected chi connectivity index (χ3v) is 5.04. The van der Waals surface area contributed by atoms with E-state index in [4.69, 9.17) is 0 Å². The van der Waals surface area contributed by atoms with Crippen LogP contribution >= 0.6 is 0 Å². The summed E-state index contributed by atoms with van der Waals surface area (Å²) in [6.07, 6.45) is 6.79. The third-order valence-electron chi connectivity index (χ3n) is 5.04. The van der Waals surface area contributed by atoms with Crippen molar-refractivity contribution < 1.29 is 14.7 Å². The predicted octanol–water partition coefficient (Wildman–Crippen LogP) is 2.99. The topological polar surface area (TPSA) is 57.6 Å². The van der Waals surface area contributed by atoms with Gasteiger partial charge in [-0.3, -0.25) is 4.79 Å². The van der Waals surface area contributed by atoms with Crippen LogP contribution in [0.4, 0.5) is 0 Å². The molecule has 1 atom stereocenters. The van der Waals surface area contributed by atoms with Crippen molar-refractivity contribution in [2.75, 3.05) is 0 Å². The zero-order chi connectivity index (χ0) is 15.5. The van der Waals surface area contributed by atoms with E-state index >= 15 is 0 Å². The molecule has 0 spiro atoms. The molecular weight excluding hydrogens is 278 g/mol. The molecule has 1 fully saturated rings. The average Bonchev–Trinajstić information content (AvgIpc) is 2.54. The van der Waals surface area contributed by atoms with E-state index in [1.807, 2.05) is 24.3 Å². The van der Waals surface area contributed by atoms with E-state index in [9.17, 15) is 14.7 Å². The summed E-state index contributed by atoms with van der Waals surface area (Å²) in [5.41, 5.74) is 2.13. The van der Waals surface area contributed by atoms with Crippen molar-refractivity contribution in [2.24, 2.45) is 5.92 Å². The minimum absolute atomic E-state index is 0.00815. The fraction of sp³-hybridized carbons (Fsp3) is 0.556. The molecule has 1 heterocycles. The Hall–Kier alpha value is -1.84. The molecule has 1 unspecified atom stereocenters. The average molecular weight is 301 g/mol. The summed E-state index contributed by atoms with van der Waals surface area (Å²) in [6.45, 7) is 0.429. The number of carboxylic acids is 1. The number of hydrogen-bond donors (Lipinski definition) is 1. The molecular formula is C18H23NO3. The molecule has 1 aromatic carbocycles. The lowest BCUT2D eigenvalue weighted by molar-refractivity contribution is -0.152. The molecule has 0 radical (unpaired) electrons. The highest BCUT2D eigenvalue weighted by Gasteiger charge is 2.35.